The molecule has 0 radical (unpaired) electrons. The first-order valence-corrected chi connectivity index (χ1v) is 7.99. The fourth-order valence-electron chi connectivity index (χ4n) is 2.70. The van der Waals surface area contributed by atoms with E-state index in [2.05, 4.69) is 30.5 Å². The Hall–Kier alpha value is -3.29. The summed E-state index contributed by atoms with van der Waals surface area (Å²) >= 11 is 0. The van der Waals surface area contributed by atoms with E-state index in [1.807, 2.05) is 24.3 Å². The highest BCUT2D eigenvalue weighted by molar-refractivity contribution is 5.81. The number of hydrogen-bond donors (Lipinski definition) is 2. The van der Waals surface area contributed by atoms with Crippen molar-refractivity contribution >= 4 is 5.91 Å². The summed E-state index contributed by atoms with van der Waals surface area (Å²) in [5.74, 6) is 1.61. The van der Waals surface area contributed by atoms with Gasteiger partial charge in [-0.15, -0.1) is 0 Å². The first-order chi connectivity index (χ1) is 12.3. The van der Waals surface area contributed by atoms with Gasteiger partial charge in [-0.3, -0.25) is 14.9 Å². The fourth-order valence-corrected chi connectivity index (χ4v) is 2.70. The molecule has 3 heterocycles. The topological polar surface area (TPSA) is 106 Å². The number of para-hydroxylation sites is 1. The maximum absolute atomic E-state index is 12.3. The van der Waals surface area contributed by atoms with Crippen LogP contribution in [0.3, 0.4) is 0 Å². The van der Waals surface area contributed by atoms with Crippen LogP contribution in [0.1, 0.15) is 17.8 Å². The van der Waals surface area contributed by atoms with Crippen LogP contribution in [0, 0.1) is 0 Å². The molecule has 0 bridgehead atoms. The van der Waals surface area contributed by atoms with Crippen LogP contribution in [0.5, 0.6) is 5.75 Å². The van der Waals surface area contributed by atoms with Gasteiger partial charge >= 0.3 is 0 Å². The predicted molar refractivity (Wildman–Crippen MR) is 88.4 cm³/mol. The summed E-state index contributed by atoms with van der Waals surface area (Å²) in [6.07, 6.45) is 5.73. The van der Waals surface area contributed by atoms with Crippen LogP contribution < -0.4 is 10.1 Å². The zero-order valence-electron chi connectivity index (χ0n) is 13.3. The maximum atomic E-state index is 12.3. The van der Waals surface area contributed by atoms with E-state index < -0.39 is 6.10 Å². The third-order valence-electron chi connectivity index (χ3n) is 3.96. The van der Waals surface area contributed by atoms with Crippen molar-refractivity contribution in [2.24, 2.45) is 0 Å². The van der Waals surface area contributed by atoms with Crippen LogP contribution in [0.2, 0.25) is 0 Å². The number of carbonyl (C=O) groups excluding carboxylic acids is 1. The van der Waals surface area contributed by atoms with Gasteiger partial charge < -0.3 is 10.1 Å². The monoisotopic (exact) mass is 336 g/mol. The number of nitrogens with one attached hydrogen (secondary N) is 2. The molecule has 25 heavy (non-hydrogen) atoms. The predicted octanol–water partition coefficient (Wildman–Crippen LogP) is 1.27. The maximum Gasteiger partial charge on any atom is 0.261 e. The molecule has 8 nitrogen and oxygen atoms in total. The number of H-pyrrole nitrogens is 1. The number of carbonyl (C=O) groups is 1. The Morgan fingerprint density at radius 3 is 3.12 bits per heavy atom. The average molecular weight is 336 g/mol. The van der Waals surface area contributed by atoms with Crippen molar-refractivity contribution in [2.75, 3.05) is 0 Å². The Morgan fingerprint density at radius 2 is 2.24 bits per heavy atom. The quantitative estimate of drug-likeness (QED) is 0.743. The SMILES string of the molecule is O=C(NCc1nc(-c2cnccn2)n[nH]1)[C@@H]1CCc2ccccc2O1. The second kappa shape index (κ2) is 6.68. The van der Waals surface area contributed by atoms with E-state index in [0.29, 0.717) is 23.8 Å². The molecule has 0 fully saturated rings. The highest BCUT2D eigenvalue weighted by Crippen LogP contribution is 2.27. The van der Waals surface area contributed by atoms with Gasteiger partial charge in [-0.05, 0) is 24.5 Å². The second-order valence-electron chi connectivity index (χ2n) is 5.67. The molecule has 8 heteroatoms. The molecule has 4 rings (SSSR count). The van der Waals surface area contributed by atoms with Crippen molar-refractivity contribution in [3.8, 4) is 17.3 Å². The lowest BCUT2D eigenvalue weighted by molar-refractivity contribution is -0.128. The molecule has 1 aliphatic heterocycles. The Labute approximate surface area is 143 Å². The summed E-state index contributed by atoms with van der Waals surface area (Å²) in [5, 5.41) is 9.71. The van der Waals surface area contributed by atoms with Crippen molar-refractivity contribution in [1.82, 2.24) is 30.5 Å². The molecule has 0 unspecified atom stereocenters. The average Bonchev–Trinajstić information content (AvgIpc) is 3.15. The second-order valence-corrected chi connectivity index (χ2v) is 5.67. The Bertz CT molecular complexity index is 880. The Kier molecular flexibility index (Phi) is 4.07. The number of aromatic amines is 1. The number of aryl methyl sites for hydroxylation is 1. The van der Waals surface area contributed by atoms with E-state index >= 15 is 0 Å². The van der Waals surface area contributed by atoms with E-state index in [1.54, 1.807) is 18.6 Å². The standard InChI is InChI=1S/C17H16N6O2/c24-17(14-6-5-11-3-1-2-4-13(11)25-14)20-10-15-21-16(23-22-15)12-9-18-7-8-19-12/h1-4,7-9,14H,5-6,10H2,(H,20,24)(H,21,22,23)/t14-/m0/s1. The van der Waals surface area contributed by atoms with E-state index in [0.717, 1.165) is 17.7 Å². The van der Waals surface area contributed by atoms with Gasteiger partial charge in [0.05, 0.1) is 12.7 Å². The number of fused-ring (bicyclic) bond motifs is 1. The molecule has 2 aromatic heterocycles. The van der Waals surface area contributed by atoms with Gasteiger partial charge in [-0.2, -0.15) is 5.10 Å². The normalized spacial score (nSPS) is 15.9. The smallest absolute Gasteiger partial charge is 0.261 e. The zero-order chi connectivity index (χ0) is 17.1. The molecular weight excluding hydrogens is 320 g/mol. The third kappa shape index (κ3) is 3.32. The summed E-state index contributed by atoms with van der Waals surface area (Å²) in [6.45, 7) is 0.244. The molecule has 0 aliphatic carbocycles. The molecule has 0 saturated carbocycles. The summed E-state index contributed by atoms with van der Waals surface area (Å²) in [6, 6.07) is 7.78. The van der Waals surface area contributed by atoms with Crippen molar-refractivity contribution < 1.29 is 9.53 Å². The van der Waals surface area contributed by atoms with Gasteiger partial charge in [0.25, 0.3) is 5.91 Å². The van der Waals surface area contributed by atoms with Crippen molar-refractivity contribution in [2.45, 2.75) is 25.5 Å². The molecule has 1 aliphatic rings. The van der Waals surface area contributed by atoms with Gasteiger partial charge in [0.15, 0.2) is 6.10 Å². The van der Waals surface area contributed by atoms with Gasteiger partial charge in [-0.1, -0.05) is 18.2 Å². The largest absolute Gasteiger partial charge is 0.480 e. The van der Waals surface area contributed by atoms with Crippen molar-refractivity contribution in [3.63, 3.8) is 0 Å². The summed E-state index contributed by atoms with van der Waals surface area (Å²) in [7, 11) is 0. The lowest BCUT2D eigenvalue weighted by Gasteiger charge is -2.24. The molecule has 1 aromatic carbocycles. The van der Waals surface area contributed by atoms with Gasteiger partial charge in [0.1, 0.15) is 17.3 Å². The summed E-state index contributed by atoms with van der Waals surface area (Å²) in [4.78, 5) is 24.8. The number of aromatic nitrogens is 5. The lowest BCUT2D eigenvalue weighted by Crippen LogP contribution is -2.40. The van der Waals surface area contributed by atoms with E-state index in [-0.39, 0.29) is 12.5 Å². The van der Waals surface area contributed by atoms with Gasteiger partial charge in [0, 0.05) is 12.4 Å². The number of ether oxygens (including phenoxy) is 1. The molecule has 3 aromatic rings. The van der Waals surface area contributed by atoms with Gasteiger partial charge in [-0.25, -0.2) is 9.97 Å². The third-order valence-corrected chi connectivity index (χ3v) is 3.96. The minimum atomic E-state index is -0.489. The minimum absolute atomic E-state index is 0.160. The molecule has 1 atom stereocenters. The highest BCUT2D eigenvalue weighted by atomic mass is 16.5. The molecule has 2 N–H and O–H groups in total. The number of benzene rings is 1. The Morgan fingerprint density at radius 1 is 1.32 bits per heavy atom. The Balaban J connectivity index is 1.36. The van der Waals surface area contributed by atoms with Gasteiger partial charge in [0.2, 0.25) is 5.82 Å². The molecule has 1 amide bonds. The van der Waals surface area contributed by atoms with E-state index in [1.165, 1.54) is 0 Å². The number of hydrogen-bond acceptors (Lipinski definition) is 6. The first-order valence-electron chi connectivity index (χ1n) is 7.99. The van der Waals surface area contributed by atoms with Crippen LogP contribution in [0.15, 0.2) is 42.9 Å². The molecule has 126 valence electrons. The van der Waals surface area contributed by atoms with E-state index in [9.17, 15) is 4.79 Å². The van der Waals surface area contributed by atoms with Crippen LogP contribution in [-0.2, 0) is 17.8 Å². The number of rotatable bonds is 4. The van der Waals surface area contributed by atoms with Crippen LogP contribution in [0.25, 0.3) is 11.5 Å². The van der Waals surface area contributed by atoms with E-state index in [4.69, 9.17) is 4.74 Å². The van der Waals surface area contributed by atoms with Crippen LogP contribution >= 0.6 is 0 Å². The molecule has 0 spiro atoms. The summed E-state index contributed by atoms with van der Waals surface area (Å²) in [5.41, 5.74) is 1.71. The lowest BCUT2D eigenvalue weighted by atomic mass is 10.0. The number of amides is 1. The van der Waals surface area contributed by atoms with Crippen molar-refractivity contribution in [3.05, 3.63) is 54.2 Å². The highest BCUT2D eigenvalue weighted by Gasteiger charge is 2.25. The van der Waals surface area contributed by atoms with Crippen LogP contribution in [0.4, 0.5) is 0 Å². The van der Waals surface area contributed by atoms with Crippen LogP contribution in [-0.4, -0.2) is 37.2 Å². The first kappa shape index (κ1) is 15.3. The minimum Gasteiger partial charge on any atom is -0.480 e. The summed E-state index contributed by atoms with van der Waals surface area (Å²) < 4.78 is 5.78. The molecular formula is C17H16N6O2. The number of nitrogens with zero attached hydrogens (tertiary/aromatic N) is 4. The fraction of sp³-hybridized carbons (Fsp3) is 0.235. The molecule has 0 saturated heterocycles. The van der Waals surface area contributed by atoms with Crippen molar-refractivity contribution in [1.29, 1.82) is 0 Å². The zero-order valence-corrected chi connectivity index (χ0v) is 13.3.